The molecule has 0 aliphatic carbocycles. The van der Waals surface area contributed by atoms with Gasteiger partial charge in [0.1, 0.15) is 6.04 Å². The molecule has 4 rings (SSSR count). The summed E-state index contributed by atoms with van der Waals surface area (Å²) in [5.74, 6) is 0.781. The SMILES string of the molecule is Cc1cc(C)cc(NC(=O)C(C)Nc2nc(Nc3ccccc3)nc(Nc3ccccc3)n2)c1. The lowest BCUT2D eigenvalue weighted by atomic mass is 10.1. The van der Waals surface area contributed by atoms with E-state index in [0.717, 1.165) is 28.2 Å². The van der Waals surface area contributed by atoms with Crippen LogP contribution in [0.5, 0.6) is 0 Å². The Morgan fingerprint density at radius 2 is 1.15 bits per heavy atom. The molecule has 172 valence electrons. The van der Waals surface area contributed by atoms with Crippen LogP contribution in [0.25, 0.3) is 0 Å². The highest BCUT2D eigenvalue weighted by molar-refractivity contribution is 5.96. The number of amides is 1. The molecule has 0 radical (unpaired) electrons. The Morgan fingerprint density at radius 1 is 0.676 bits per heavy atom. The van der Waals surface area contributed by atoms with Crippen LogP contribution in [0.15, 0.2) is 78.9 Å². The standard InChI is InChI=1S/C26H27N7O/c1-17-14-18(2)16-22(15-17)28-23(34)19(3)27-24-31-25(29-20-10-6-4-7-11-20)33-26(32-24)30-21-12-8-5-9-13-21/h4-16,19H,1-3H3,(H,28,34)(H3,27,29,30,31,32,33). The van der Waals surface area contributed by atoms with Gasteiger partial charge in [0.15, 0.2) is 0 Å². The maximum absolute atomic E-state index is 12.8. The van der Waals surface area contributed by atoms with E-state index in [9.17, 15) is 4.79 Å². The van der Waals surface area contributed by atoms with Crippen molar-refractivity contribution in [3.05, 3.63) is 90.0 Å². The Balaban J connectivity index is 1.54. The predicted molar refractivity (Wildman–Crippen MR) is 137 cm³/mol. The fourth-order valence-electron chi connectivity index (χ4n) is 3.41. The number of rotatable bonds is 8. The summed E-state index contributed by atoms with van der Waals surface area (Å²) in [5, 5.41) is 12.4. The van der Waals surface area contributed by atoms with Crippen molar-refractivity contribution in [1.82, 2.24) is 15.0 Å². The predicted octanol–water partition coefficient (Wildman–Crippen LogP) is 5.41. The molecule has 1 unspecified atom stereocenters. The molecule has 4 aromatic rings. The van der Waals surface area contributed by atoms with Gasteiger partial charge in [0.25, 0.3) is 0 Å². The third-order valence-electron chi connectivity index (χ3n) is 4.92. The summed E-state index contributed by atoms with van der Waals surface area (Å²) < 4.78 is 0. The van der Waals surface area contributed by atoms with E-state index in [-0.39, 0.29) is 11.9 Å². The van der Waals surface area contributed by atoms with Gasteiger partial charge in [-0.2, -0.15) is 15.0 Å². The molecule has 8 nitrogen and oxygen atoms in total. The normalized spacial score (nSPS) is 11.4. The van der Waals surface area contributed by atoms with Crippen molar-refractivity contribution >= 4 is 40.8 Å². The summed E-state index contributed by atoms with van der Waals surface area (Å²) in [7, 11) is 0. The molecule has 1 amide bonds. The fraction of sp³-hybridized carbons (Fsp3) is 0.154. The number of nitrogens with one attached hydrogen (secondary N) is 4. The average molecular weight is 454 g/mol. The van der Waals surface area contributed by atoms with Crippen molar-refractivity contribution < 1.29 is 4.79 Å². The van der Waals surface area contributed by atoms with Crippen LogP contribution in [0.3, 0.4) is 0 Å². The number of hydrogen-bond donors (Lipinski definition) is 4. The molecule has 0 saturated heterocycles. The lowest BCUT2D eigenvalue weighted by molar-refractivity contribution is -0.116. The maximum atomic E-state index is 12.8. The van der Waals surface area contributed by atoms with Crippen LogP contribution in [0.1, 0.15) is 18.1 Å². The zero-order valence-electron chi connectivity index (χ0n) is 19.3. The molecule has 0 fully saturated rings. The van der Waals surface area contributed by atoms with Gasteiger partial charge in [-0.25, -0.2) is 0 Å². The van der Waals surface area contributed by atoms with Gasteiger partial charge in [-0.3, -0.25) is 4.79 Å². The number of carbonyl (C=O) groups excluding carboxylic acids is 1. The van der Waals surface area contributed by atoms with E-state index >= 15 is 0 Å². The summed E-state index contributed by atoms with van der Waals surface area (Å²) in [4.78, 5) is 26.2. The van der Waals surface area contributed by atoms with E-state index < -0.39 is 6.04 Å². The second kappa shape index (κ2) is 10.4. The second-order valence-electron chi connectivity index (χ2n) is 8.02. The molecule has 34 heavy (non-hydrogen) atoms. The van der Waals surface area contributed by atoms with Gasteiger partial charge in [-0.05, 0) is 68.3 Å². The summed E-state index contributed by atoms with van der Waals surface area (Å²) in [5.41, 5.74) is 4.60. The second-order valence-corrected chi connectivity index (χ2v) is 8.02. The van der Waals surface area contributed by atoms with Crippen molar-refractivity contribution in [2.45, 2.75) is 26.8 Å². The highest BCUT2D eigenvalue weighted by Crippen LogP contribution is 2.19. The van der Waals surface area contributed by atoms with E-state index in [0.29, 0.717) is 11.9 Å². The third-order valence-corrected chi connectivity index (χ3v) is 4.92. The number of nitrogens with zero attached hydrogens (tertiary/aromatic N) is 3. The van der Waals surface area contributed by atoms with Crippen molar-refractivity contribution in [2.24, 2.45) is 0 Å². The summed E-state index contributed by atoms with van der Waals surface area (Å²) in [6, 6.07) is 24.6. The van der Waals surface area contributed by atoms with Crippen LogP contribution in [0, 0.1) is 13.8 Å². The molecule has 0 spiro atoms. The van der Waals surface area contributed by atoms with Gasteiger partial charge in [0.05, 0.1) is 0 Å². The molecule has 1 heterocycles. The molecule has 0 saturated carbocycles. The Morgan fingerprint density at radius 3 is 1.65 bits per heavy atom. The van der Waals surface area contributed by atoms with E-state index in [2.05, 4.69) is 42.3 Å². The van der Waals surface area contributed by atoms with Crippen LogP contribution in [-0.2, 0) is 4.79 Å². The van der Waals surface area contributed by atoms with Gasteiger partial charge in [0, 0.05) is 17.1 Å². The molecule has 4 N–H and O–H groups in total. The number of aromatic nitrogens is 3. The van der Waals surface area contributed by atoms with Crippen LogP contribution in [0.2, 0.25) is 0 Å². The van der Waals surface area contributed by atoms with E-state index in [4.69, 9.17) is 0 Å². The Hall–Kier alpha value is -4.46. The lowest BCUT2D eigenvalue weighted by Crippen LogP contribution is -2.32. The van der Waals surface area contributed by atoms with Crippen molar-refractivity contribution in [3.8, 4) is 0 Å². The first-order chi connectivity index (χ1) is 16.4. The third kappa shape index (κ3) is 6.29. The molecule has 1 atom stereocenters. The summed E-state index contributed by atoms with van der Waals surface area (Å²) in [6.07, 6.45) is 0. The van der Waals surface area contributed by atoms with Gasteiger partial charge in [-0.15, -0.1) is 0 Å². The Labute approximate surface area is 198 Å². The monoisotopic (exact) mass is 453 g/mol. The minimum absolute atomic E-state index is 0.194. The van der Waals surface area contributed by atoms with E-state index in [1.807, 2.05) is 86.6 Å². The maximum Gasteiger partial charge on any atom is 0.246 e. The minimum Gasteiger partial charge on any atom is -0.342 e. The molecule has 3 aromatic carbocycles. The first-order valence-corrected chi connectivity index (χ1v) is 11.0. The largest absolute Gasteiger partial charge is 0.342 e. The topological polar surface area (TPSA) is 104 Å². The van der Waals surface area contributed by atoms with Crippen LogP contribution in [-0.4, -0.2) is 26.9 Å². The van der Waals surface area contributed by atoms with E-state index in [1.165, 1.54) is 0 Å². The number of carbonyl (C=O) groups is 1. The van der Waals surface area contributed by atoms with E-state index in [1.54, 1.807) is 6.92 Å². The van der Waals surface area contributed by atoms with Gasteiger partial charge in [0.2, 0.25) is 23.8 Å². The summed E-state index contributed by atoms with van der Waals surface area (Å²) in [6.45, 7) is 5.76. The first-order valence-electron chi connectivity index (χ1n) is 11.0. The van der Waals surface area contributed by atoms with Crippen molar-refractivity contribution in [2.75, 3.05) is 21.3 Å². The minimum atomic E-state index is -0.586. The fourth-order valence-corrected chi connectivity index (χ4v) is 3.41. The first kappa shape index (κ1) is 22.7. The number of hydrogen-bond acceptors (Lipinski definition) is 7. The molecular formula is C26H27N7O. The molecule has 0 aliphatic heterocycles. The van der Waals surface area contributed by atoms with Crippen LogP contribution >= 0.6 is 0 Å². The number of anilines is 6. The van der Waals surface area contributed by atoms with Gasteiger partial charge < -0.3 is 21.3 Å². The van der Waals surface area contributed by atoms with Crippen molar-refractivity contribution in [1.29, 1.82) is 0 Å². The number of aryl methyl sites for hydroxylation is 2. The zero-order valence-corrected chi connectivity index (χ0v) is 19.3. The molecule has 0 aliphatic rings. The molecule has 0 bridgehead atoms. The highest BCUT2D eigenvalue weighted by atomic mass is 16.2. The Bertz CT molecular complexity index is 1180. The number of para-hydroxylation sites is 2. The smallest absolute Gasteiger partial charge is 0.246 e. The zero-order chi connectivity index (χ0) is 23.9. The Kier molecular flexibility index (Phi) is 6.98. The molecule has 8 heteroatoms. The van der Waals surface area contributed by atoms with Crippen molar-refractivity contribution in [3.63, 3.8) is 0 Å². The quantitative estimate of drug-likeness (QED) is 0.283. The molecule has 1 aromatic heterocycles. The average Bonchev–Trinajstić information content (AvgIpc) is 2.79. The van der Waals surface area contributed by atoms with Gasteiger partial charge in [-0.1, -0.05) is 42.5 Å². The van der Waals surface area contributed by atoms with Gasteiger partial charge >= 0.3 is 0 Å². The number of benzene rings is 3. The summed E-state index contributed by atoms with van der Waals surface area (Å²) >= 11 is 0. The van der Waals surface area contributed by atoms with Crippen LogP contribution in [0.4, 0.5) is 34.9 Å². The highest BCUT2D eigenvalue weighted by Gasteiger charge is 2.16. The lowest BCUT2D eigenvalue weighted by Gasteiger charge is -2.16. The molecular weight excluding hydrogens is 426 g/mol. The van der Waals surface area contributed by atoms with Crippen LogP contribution < -0.4 is 21.3 Å².